The summed E-state index contributed by atoms with van der Waals surface area (Å²) in [5, 5.41) is 8.33. The standard InChI is InChI=1S/C12H23N3/c1-10(2)6-7-11-8-15(14-13-11)9-12(3,4)5/h8,10H,6-7,9H2,1-5H3. The van der Waals surface area contributed by atoms with Crippen molar-refractivity contribution in [3.63, 3.8) is 0 Å². The Bertz CT molecular complexity index is 294. The van der Waals surface area contributed by atoms with E-state index >= 15 is 0 Å². The van der Waals surface area contributed by atoms with E-state index < -0.39 is 0 Å². The van der Waals surface area contributed by atoms with Crippen LogP contribution in [0.1, 0.15) is 46.7 Å². The maximum Gasteiger partial charge on any atom is 0.0827 e. The van der Waals surface area contributed by atoms with Gasteiger partial charge in [-0.25, -0.2) is 0 Å². The van der Waals surface area contributed by atoms with Crippen LogP contribution in [0.25, 0.3) is 0 Å². The number of nitrogens with zero attached hydrogens (tertiary/aromatic N) is 3. The fourth-order valence-electron chi connectivity index (χ4n) is 1.45. The average molecular weight is 209 g/mol. The number of hydrogen-bond acceptors (Lipinski definition) is 2. The molecule has 3 heteroatoms. The quantitative estimate of drug-likeness (QED) is 0.763. The summed E-state index contributed by atoms with van der Waals surface area (Å²) >= 11 is 0. The van der Waals surface area contributed by atoms with Crippen LogP contribution in [0.2, 0.25) is 0 Å². The lowest BCUT2D eigenvalue weighted by atomic mass is 9.97. The van der Waals surface area contributed by atoms with Crippen molar-refractivity contribution in [1.29, 1.82) is 0 Å². The Morgan fingerprint density at radius 3 is 2.53 bits per heavy atom. The monoisotopic (exact) mass is 209 g/mol. The van der Waals surface area contributed by atoms with Crippen molar-refractivity contribution < 1.29 is 0 Å². The van der Waals surface area contributed by atoms with Crippen molar-refractivity contribution in [2.45, 2.75) is 54.0 Å². The van der Waals surface area contributed by atoms with E-state index in [9.17, 15) is 0 Å². The largest absolute Gasteiger partial charge is 0.252 e. The SMILES string of the molecule is CC(C)CCc1cn(CC(C)(C)C)nn1. The third-order valence-corrected chi connectivity index (χ3v) is 2.20. The first-order valence-corrected chi connectivity index (χ1v) is 5.76. The molecule has 0 aliphatic rings. The lowest BCUT2D eigenvalue weighted by Crippen LogP contribution is -2.15. The van der Waals surface area contributed by atoms with Gasteiger partial charge in [-0.2, -0.15) is 0 Å². The molecule has 0 saturated carbocycles. The Labute approximate surface area is 92.9 Å². The smallest absolute Gasteiger partial charge is 0.0827 e. The van der Waals surface area contributed by atoms with E-state index in [-0.39, 0.29) is 5.41 Å². The van der Waals surface area contributed by atoms with Crippen molar-refractivity contribution >= 4 is 0 Å². The van der Waals surface area contributed by atoms with Crippen molar-refractivity contribution in [2.24, 2.45) is 11.3 Å². The van der Waals surface area contributed by atoms with Gasteiger partial charge in [-0.3, -0.25) is 4.68 Å². The summed E-state index contributed by atoms with van der Waals surface area (Å²) in [5.41, 5.74) is 1.39. The summed E-state index contributed by atoms with van der Waals surface area (Å²) in [6.07, 6.45) is 4.31. The Balaban J connectivity index is 2.49. The molecule has 1 heterocycles. The molecule has 0 unspecified atom stereocenters. The van der Waals surface area contributed by atoms with Crippen LogP contribution in [0.5, 0.6) is 0 Å². The Hall–Kier alpha value is -0.860. The number of rotatable bonds is 4. The minimum absolute atomic E-state index is 0.267. The topological polar surface area (TPSA) is 30.7 Å². The van der Waals surface area contributed by atoms with Gasteiger partial charge in [-0.1, -0.05) is 39.8 Å². The second-order valence-corrected chi connectivity index (χ2v) is 5.90. The van der Waals surface area contributed by atoms with Gasteiger partial charge in [0, 0.05) is 12.7 Å². The van der Waals surface area contributed by atoms with Crippen LogP contribution in [0.4, 0.5) is 0 Å². The Kier molecular flexibility index (Phi) is 3.89. The van der Waals surface area contributed by atoms with E-state index in [1.54, 1.807) is 0 Å². The van der Waals surface area contributed by atoms with Crippen LogP contribution in [0.15, 0.2) is 6.20 Å². The molecule has 0 radical (unpaired) electrons. The van der Waals surface area contributed by atoms with Gasteiger partial charge in [0.15, 0.2) is 0 Å². The van der Waals surface area contributed by atoms with Gasteiger partial charge >= 0.3 is 0 Å². The summed E-state index contributed by atoms with van der Waals surface area (Å²) in [5.74, 6) is 0.734. The van der Waals surface area contributed by atoms with Gasteiger partial charge in [0.25, 0.3) is 0 Å². The van der Waals surface area contributed by atoms with E-state index in [0.29, 0.717) is 0 Å². The molecule has 0 aliphatic carbocycles. The highest BCUT2D eigenvalue weighted by Gasteiger charge is 2.12. The van der Waals surface area contributed by atoms with Gasteiger partial charge < -0.3 is 0 Å². The van der Waals surface area contributed by atoms with Gasteiger partial charge in [-0.05, 0) is 24.2 Å². The van der Waals surface area contributed by atoms with Crippen LogP contribution in [-0.4, -0.2) is 15.0 Å². The van der Waals surface area contributed by atoms with Gasteiger partial charge in [0.05, 0.1) is 5.69 Å². The van der Waals surface area contributed by atoms with Crippen LogP contribution in [0, 0.1) is 11.3 Å². The predicted octanol–water partition coefficient (Wildman–Crippen LogP) is 2.91. The highest BCUT2D eigenvalue weighted by Crippen LogP contribution is 2.15. The van der Waals surface area contributed by atoms with E-state index in [1.165, 1.54) is 6.42 Å². The lowest BCUT2D eigenvalue weighted by molar-refractivity contribution is 0.321. The van der Waals surface area contributed by atoms with E-state index in [4.69, 9.17) is 0 Å². The summed E-state index contributed by atoms with van der Waals surface area (Å²) in [4.78, 5) is 0. The van der Waals surface area contributed by atoms with Crippen LogP contribution in [0.3, 0.4) is 0 Å². The van der Waals surface area contributed by atoms with E-state index in [2.05, 4.69) is 51.1 Å². The molecule has 0 aromatic carbocycles. The minimum atomic E-state index is 0.267. The van der Waals surface area contributed by atoms with E-state index in [0.717, 1.165) is 24.6 Å². The minimum Gasteiger partial charge on any atom is -0.252 e. The second kappa shape index (κ2) is 4.77. The molecular formula is C12H23N3. The van der Waals surface area contributed by atoms with Crippen LogP contribution in [-0.2, 0) is 13.0 Å². The third kappa shape index (κ3) is 4.96. The zero-order chi connectivity index (χ0) is 11.5. The van der Waals surface area contributed by atoms with Crippen molar-refractivity contribution in [2.75, 3.05) is 0 Å². The molecule has 1 aromatic heterocycles. The molecule has 0 N–H and O–H groups in total. The number of aromatic nitrogens is 3. The molecule has 0 bridgehead atoms. The summed E-state index contributed by atoms with van der Waals surface area (Å²) < 4.78 is 1.95. The molecule has 0 spiro atoms. The average Bonchev–Trinajstić information content (AvgIpc) is 2.45. The maximum atomic E-state index is 4.19. The fourth-order valence-corrected chi connectivity index (χ4v) is 1.45. The highest BCUT2D eigenvalue weighted by molar-refractivity contribution is 4.92. The van der Waals surface area contributed by atoms with Gasteiger partial charge in [0.2, 0.25) is 0 Å². The molecule has 0 fully saturated rings. The molecule has 0 saturated heterocycles. The molecule has 86 valence electrons. The zero-order valence-electron chi connectivity index (χ0n) is 10.6. The highest BCUT2D eigenvalue weighted by atomic mass is 15.4. The molecule has 1 aromatic rings. The fraction of sp³-hybridized carbons (Fsp3) is 0.833. The zero-order valence-corrected chi connectivity index (χ0v) is 10.6. The van der Waals surface area contributed by atoms with Crippen LogP contribution < -0.4 is 0 Å². The third-order valence-electron chi connectivity index (χ3n) is 2.20. The van der Waals surface area contributed by atoms with Crippen molar-refractivity contribution in [3.05, 3.63) is 11.9 Å². The van der Waals surface area contributed by atoms with Crippen LogP contribution >= 0.6 is 0 Å². The van der Waals surface area contributed by atoms with Gasteiger partial charge in [-0.15, -0.1) is 5.10 Å². The number of hydrogen-bond donors (Lipinski definition) is 0. The summed E-state index contributed by atoms with van der Waals surface area (Å²) in [6, 6.07) is 0. The summed E-state index contributed by atoms with van der Waals surface area (Å²) in [6.45, 7) is 12.0. The molecule has 0 amide bonds. The first kappa shape index (κ1) is 12.2. The number of aryl methyl sites for hydroxylation is 1. The maximum absolute atomic E-state index is 4.19. The Morgan fingerprint density at radius 1 is 1.33 bits per heavy atom. The molecule has 0 atom stereocenters. The van der Waals surface area contributed by atoms with Crippen molar-refractivity contribution in [3.8, 4) is 0 Å². The van der Waals surface area contributed by atoms with E-state index in [1.807, 2.05) is 4.68 Å². The van der Waals surface area contributed by atoms with Crippen molar-refractivity contribution in [1.82, 2.24) is 15.0 Å². The predicted molar refractivity (Wildman–Crippen MR) is 62.6 cm³/mol. The lowest BCUT2D eigenvalue weighted by Gasteiger charge is -2.16. The molecular weight excluding hydrogens is 186 g/mol. The second-order valence-electron chi connectivity index (χ2n) is 5.90. The molecule has 1 rings (SSSR count). The molecule has 0 aliphatic heterocycles. The Morgan fingerprint density at radius 2 is 2.00 bits per heavy atom. The normalized spacial score (nSPS) is 12.4. The first-order valence-electron chi connectivity index (χ1n) is 5.76. The molecule has 15 heavy (non-hydrogen) atoms. The first-order chi connectivity index (χ1) is 6.87. The summed E-state index contributed by atoms with van der Waals surface area (Å²) in [7, 11) is 0. The molecule has 3 nitrogen and oxygen atoms in total. The van der Waals surface area contributed by atoms with Gasteiger partial charge in [0.1, 0.15) is 0 Å².